The summed E-state index contributed by atoms with van der Waals surface area (Å²) in [6.07, 6.45) is 1.62. The van der Waals surface area contributed by atoms with Gasteiger partial charge in [-0.05, 0) is 12.1 Å². The van der Waals surface area contributed by atoms with E-state index >= 15 is 0 Å². The van der Waals surface area contributed by atoms with Crippen molar-refractivity contribution in [2.24, 2.45) is 0 Å². The molecule has 1 saturated heterocycles. The Morgan fingerprint density at radius 2 is 2.18 bits per heavy atom. The van der Waals surface area contributed by atoms with Gasteiger partial charge in [0.1, 0.15) is 5.75 Å². The molecular weight excluding hydrogens is 282 g/mol. The summed E-state index contributed by atoms with van der Waals surface area (Å²) >= 11 is 0. The Kier molecular flexibility index (Phi) is 4.50. The Morgan fingerprint density at radius 3 is 3.00 bits per heavy atom. The molecule has 6 nitrogen and oxygen atoms in total. The first-order valence-electron chi connectivity index (χ1n) is 7.26. The van der Waals surface area contributed by atoms with Gasteiger partial charge in [0.05, 0.1) is 32.4 Å². The van der Waals surface area contributed by atoms with E-state index in [2.05, 4.69) is 10.4 Å². The molecule has 1 aliphatic rings. The molecule has 2 aromatic rings. The van der Waals surface area contributed by atoms with Crippen molar-refractivity contribution < 1.29 is 9.47 Å². The number of aromatic nitrogens is 2. The molecule has 0 bridgehead atoms. The summed E-state index contributed by atoms with van der Waals surface area (Å²) in [5.41, 5.74) is 0.964. The maximum Gasteiger partial charge on any atom is 0.267 e. The van der Waals surface area contributed by atoms with Crippen LogP contribution in [-0.2, 0) is 11.3 Å². The first-order valence-corrected chi connectivity index (χ1v) is 7.26. The van der Waals surface area contributed by atoms with Gasteiger partial charge in [-0.2, -0.15) is 5.10 Å². The fourth-order valence-electron chi connectivity index (χ4n) is 2.69. The standard InChI is InChI=1S/C16H19N3O3/c1-21-15-6-3-2-5-12(15)9-17-13-10-22-11-14(13)19-16(20)7-4-8-18-19/h2-8,13-14,17H,9-11H2,1H3. The Labute approximate surface area is 128 Å². The fourth-order valence-corrected chi connectivity index (χ4v) is 2.69. The van der Waals surface area contributed by atoms with Crippen LogP contribution in [0.5, 0.6) is 5.75 Å². The summed E-state index contributed by atoms with van der Waals surface area (Å²) in [7, 11) is 1.66. The molecule has 0 aliphatic carbocycles. The van der Waals surface area contributed by atoms with E-state index in [0.717, 1.165) is 11.3 Å². The lowest BCUT2D eigenvalue weighted by molar-refractivity contribution is 0.180. The highest BCUT2D eigenvalue weighted by Crippen LogP contribution is 2.20. The van der Waals surface area contributed by atoms with Gasteiger partial charge in [0, 0.05) is 24.4 Å². The SMILES string of the molecule is COc1ccccc1CNC1COCC1n1ncccc1=O. The monoisotopic (exact) mass is 301 g/mol. The van der Waals surface area contributed by atoms with Crippen molar-refractivity contribution in [1.82, 2.24) is 15.1 Å². The van der Waals surface area contributed by atoms with Gasteiger partial charge in [-0.25, -0.2) is 4.68 Å². The zero-order valence-electron chi connectivity index (χ0n) is 12.4. The van der Waals surface area contributed by atoms with Gasteiger partial charge in [-0.3, -0.25) is 4.79 Å². The van der Waals surface area contributed by atoms with Gasteiger partial charge in [0.2, 0.25) is 0 Å². The van der Waals surface area contributed by atoms with E-state index in [9.17, 15) is 4.79 Å². The van der Waals surface area contributed by atoms with Crippen molar-refractivity contribution in [3.8, 4) is 5.75 Å². The van der Waals surface area contributed by atoms with Gasteiger partial charge in [0.15, 0.2) is 0 Å². The van der Waals surface area contributed by atoms with Crippen LogP contribution in [0.15, 0.2) is 47.4 Å². The topological polar surface area (TPSA) is 65.4 Å². The van der Waals surface area contributed by atoms with Gasteiger partial charge in [0.25, 0.3) is 5.56 Å². The third kappa shape index (κ3) is 3.03. The largest absolute Gasteiger partial charge is 0.496 e. The van der Waals surface area contributed by atoms with Crippen LogP contribution in [-0.4, -0.2) is 36.1 Å². The predicted molar refractivity (Wildman–Crippen MR) is 82.0 cm³/mol. The molecule has 0 amide bonds. The molecule has 1 N–H and O–H groups in total. The molecule has 0 saturated carbocycles. The maximum absolute atomic E-state index is 11.9. The highest BCUT2D eigenvalue weighted by Gasteiger charge is 2.30. The maximum atomic E-state index is 11.9. The zero-order chi connectivity index (χ0) is 15.4. The average Bonchev–Trinajstić information content (AvgIpc) is 3.02. The lowest BCUT2D eigenvalue weighted by Crippen LogP contribution is -2.40. The average molecular weight is 301 g/mol. The Balaban J connectivity index is 1.72. The van der Waals surface area contributed by atoms with Gasteiger partial charge < -0.3 is 14.8 Å². The summed E-state index contributed by atoms with van der Waals surface area (Å²) in [6.45, 7) is 1.69. The number of nitrogens with zero attached hydrogens (tertiary/aromatic N) is 2. The molecule has 6 heteroatoms. The number of ether oxygens (including phenoxy) is 2. The lowest BCUT2D eigenvalue weighted by atomic mass is 10.1. The normalized spacial score (nSPS) is 21.0. The fraction of sp³-hybridized carbons (Fsp3) is 0.375. The highest BCUT2D eigenvalue weighted by atomic mass is 16.5. The second kappa shape index (κ2) is 6.72. The van der Waals surface area contributed by atoms with Crippen LogP contribution in [0.2, 0.25) is 0 Å². The molecule has 3 rings (SSSR count). The highest BCUT2D eigenvalue weighted by molar-refractivity contribution is 5.33. The summed E-state index contributed by atoms with van der Waals surface area (Å²) in [4.78, 5) is 11.9. The number of rotatable bonds is 5. The van der Waals surface area contributed by atoms with Crippen LogP contribution in [0.1, 0.15) is 11.6 Å². The minimum atomic E-state index is -0.109. The van der Waals surface area contributed by atoms with E-state index in [1.54, 1.807) is 19.4 Å². The predicted octanol–water partition coefficient (Wildman–Crippen LogP) is 0.982. The van der Waals surface area contributed by atoms with Crippen LogP contribution in [0.3, 0.4) is 0 Å². The Bertz CT molecular complexity index is 686. The van der Waals surface area contributed by atoms with Crippen molar-refractivity contribution >= 4 is 0 Å². The second-order valence-corrected chi connectivity index (χ2v) is 5.21. The van der Waals surface area contributed by atoms with Crippen LogP contribution < -0.4 is 15.6 Å². The first-order chi connectivity index (χ1) is 10.8. The number of para-hydroxylation sites is 1. The van der Waals surface area contributed by atoms with Crippen molar-refractivity contribution in [1.29, 1.82) is 0 Å². The van der Waals surface area contributed by atoms with Crippen molar-refractivity contribution in [3.63, 3.8) is 0 Å². The Morgan fingerprint density at radius 1 is 1.32 bits per heavy atom. The summed E-state index contributed by atoms with van der Waals surface area (Å²) < 4.78 is 12.4. The molecule has 2 atom stereocenters. The summed E-state index contributed by atoms with van der Waals surface area (Å²) in [5.74, 6) is 0.848. The molecule has 1 aromatic heterocycles. The van der Waals surface area contributed by atoms with E-state index in [-0.39, 0.29) is 17.6 Å². The van der Waals surface area contributed by atoms with E-state index < -0.39 is 0 Å². The lowest BCUT2D eigenvalue weighted by Gasteiger charge is -2.20. The van der Waals surface area contributed by atoms with E-state index in [0.29, 0.717) is 19.8 Å². The summed E-state index contributed by atoms with van der Waals surface area (Å²) in [6, 6.07) is 11.0. The van der Waals surface area contributed by atoms with Crippen molar-refractivity contribution in [2.45, 2.75) is 18.6 Å². The number of hydrogen-bond donors (Lipinski definition) is 1. The molecule has 1 aliphatic heterocycles. The van der Waals surface area contributed by atoms with Crippen LogP contribution >= 0.6 is 0 Å². The van der Waals surface area contributed by atoms with E-state index in [1.165, 1.54) is 10.7 Å². The van der Waals surface area contributed by atoms with Gasteiger partial charge in [-0.1, -0.05) is 18.2 Å². The molecule has 0 spiro atoms. The van der Waals surface area contributed by atoms with Crippen LogP contribution in [0, 0.1) is 0 Å². The molecule has 0 radical (unpaired) electrons. The van der Waals surface area contributed by atoms with Crippen molar-refractivity contribution in [3.05, 3.63) is 58.5 Å². The minimum absolute atomic E-state index is 0.0394. The number of benzene rings is 1. The zero-order valence-corrected chi connectivity index (χ0v) is 12.4. The first kappa shape index (κ1) is 14.7. The van der Waals surface area contributed by atoms with E-state index in [1.807, 2.05) is 24.3 Å². The molecule has 1 fully saturated rings. The van der Waals surface area contributed by atoms with Crippen LogP contribution in [0.4, 0.5) is 0 Å². The van der Waals surface area contributed by atoms with Gasteiger partial charge in [-0.15, -0.1) is 0 Å². The summed E-state index contributed by atoms with van der Waals surface area (Å²) in [5, 5.41) is 7.60. The minimum Gasteiger partial charge on any atom is -0.496 e. The Hall–Kier alpha value is -2.18. The molecule has 22 heavy (non-hydrogen) atoms. The number of methoxy groups -OCH3 is 1. The molecule has 116 valence electrons. The molecule has 2 heterocycles. The van der Waals surface area contributed by atoms with E-state index in [4.69, 9.17) is 9.47 Å². The number of hydrogen-bond acceptors (Lipinski definition) is 5. The molecule has 1 aromatic carbocycles. The second-order valence-electron chi connectivity index (χ2n) is 5.21. The van der Waals surface area contributed by atoms with Gasteiger partial charge >= 0.3 is 0 Å². The number of nitrogens with one attached hydrogen (secondary N) is 1. The van der Waals surface area contributed by atoms with Crippen molar-refractivity contribution in [2.75, 3.05) is 20.3 Å². The molecule has 2 unspecified atom stereocenters. The third-order valence-corrected chi connectivity index (χ3v) is 3.85. The quantitative estimate of drug-likeness (QED) is 0.892. The third-order valence-electron chi connectivity index (χ3n) is 3.85. The molecular formula is C16H19N3O3. The van der Waals surface area contributed by atoms with Crippen LogP contribution in [0.25, 0.3) is 0 Å². The smallest absolute Gasteiger partial charge is 0.267 e.